The van der Waals surface area contributed by atoms with E-state index in [1.165, 1.54) is 12.0 Å². The van der Waals surface area contributed by atoms with E-state index >= 15 is 0 Å². The van der Waals surface area contributed by atoms with E-state index in [1.54, 1.807) is 87.8 Å². The normalized spacial score (nSPS) is 17.1. The first-order chi connectivity index (χ1) is 22.0. The lowest BCUT2D eigenvalue weighted by molar-refractivity contribution is -0.143. The molecule has 232 valence electrons. The van der Waals surface area contributed by atoms with Crippen LogP contribution in [-0.4, -0.2) is 63.1 Å². The number of carbonyl (C=O) groups excluding carboxylic acids is 4. The largest absolute Gasteiger partial charge is 0.497 e. The lowest BCUT2D eigenvalue weighted by Crippen LogP contribution is -2.54. The van der Waals surface area contributed by atoms with Gasteiger partial charge in [0.25, 0.3) is 11.8 Å². The van der Waals surface area contributed by atoms with Crippen LogP contribution in [0.15, 0.2) is 67.0 Å². The number of methoxy groups -OCH3 is 1. The molecule has 2 aliphatic rings. The molecule has 2 aromatic heterocycles. The minimum Gasteiger partial charge on any atom is -0.497 e. The molecule has 46 heavy (non-hydrogen) atoms. The number of hydrogen-bond donors (Lipinski definition) is 3. The van der Waals surface area contributed by atoms with Gasteiger partial charge in [-0.25, -0.2) is 9.78 Å². The average Bonchev–Trinajstić information content (AvgIpc) is 3.74. The number of benzene rings is 2. The van der Waals surface area contributed by atoms with Gasteiger partial charge in [-0.3, -0.25) is 24.8 Å². The van der Waals surface area contributed by atoms with Crippen molar-refractivity contribution in [3.8, 4) is 45.9 Å². The maximum atomic E-state index is 13.2. The number of pyridine rings is 1. The highest BCUT2D eigenvalue weighted by molar-refractivity contribution is 6.10. The number of amides is 4. The zero-order valence-corrected chi connectivity index (χ0v) is 25.6. The van der Waals surface area contributed by atoms with Crippen molar-refractivity contribution in [2.75, 3.05) is 13.7 Å². The van der Waals surface area contributed by atoms with Crippen molar-refractivity contribution in [1.82, 2.24) is 30.7 Å². The number of nitrogens with zero attached hydrogens (tertiary/aromatic N) is 3. The first-order valence-corrected chi connectivity index (χ1v) is 14.4. The van der Waals surface area contributed by atoms with Crippen LogP contribution in [0.25, 0.3) is 22.5 Å². The van der Waals surface area contributed by atoms with Crippen LogP contribution in [0.4, 0.5) is 4.79 Å². The Bertz CT molecular complexity index is 1940. The van der Waals surface area contributed by atoms with Gasteiger partial charge in [-0.15, -0.1) is 0 Å². The number of ether oxygens (including phenoxy) is 2. The second-order valence-corrected chi connectivity index (χ2v) is 12.0. The van der Waals surface area contributed by atoms with Crippen molar-refractivity contribution in [1.29, 1.82) is 0 Å². The maximum absolute atomic E-state index is 13.2. The first kappa shape index (κ1) is 30.1. The molecule has 1 atom stereocenters. The molecular weight excluding hydrogens is 588 g/mol. The number of esters is 1. The maximum Gasteiger partial charge on any atom is 0.323 e. The highest BCUT2D eigenvalue weighted by Crippen LogP contribution is 2.33. The highest BCUT2D eigenvalue weighted by atomic mass is 16.5. The molecule has 0 bridgehead atoms. The molecule has 4 heterocycles. The van der Waals surface area contributed by atoms with Crippen molar-refractivity contribution in [2.45, 2.75) is 32.9 Å². The number of fused-ring (bicyclic) bond motifs is 1. The van der Waals surface area contributed by atoms with Gasteiger partial charge >= 0.3 is 12.0 Å². The fourth-order valence-electron chi connectivity index (χ4n) is 5.04. The predicted molar refractivity (Wildman–Crippen MR) is 166 cm³/mol. The smallest absolute Gasteiger partial charge is 0.323 e. The third-order valence-electron chi connectivity index (χ3n) is 7.61. The Labute approximate surface area is 264 Å². The molecule has 12 heteroatoms. The summed E-state index contributed by atoms with van der Waals surface area (Å²) in [7, 11) is 1.52. The van der Waals surface area contributed by atoms with Gasteiger partial charge in [-0.1, -0.05) is 30.0 Å². The minimum atomic E-state index is -1.66. The zero-order valence-electron chi connectivity index (χ0n) is 25.6. The third kappa shape index (κ3) is 5.78. The van der Waals surface area contributed by atoms with E-state index in [0.29, 0.717) is 39.6 Å². The van der Waals surface area contributed by atoms with Crippen molar-refractivity contribution in [3.05, 3.63) is 83.7 Å². The second-order valence-electron chi connectivity index (χ2n) is 12.0. The summed E-state index contributed by atoms with van der Waals surface area (Å²) < 4.78 is 11.0. The summed E-state index contributed by atoms with van der Waals surface area (Å²) in [6, 6.07) is 15.0. The van der Waals surface area contributed by atoms with E-state index < -0.39 is 28.9 Å². The van der Waals surface area contributed by atoms with Gasteiger partial charge in [0.15, 0.2) is 5.75 Å². The van der Waals surface area contributed by atoms with Gasteiger partial charge in [0.2, 0.25) is 5.54 Å². The number of H-pyrrole nitrogens is 1. The summed E-state index contributed by atoms with van der Waals surface area (Å²) in [5.74, 6) is 5.40. The SMILES string of the molecule is COc1ccc2c(c1)C(=O)N(C[C@@]1(C#Cc3ccc(-c4nc(-c5cn[nH]c5)ccc4OC(=O)C(C)(C)C)cc3)NC(=O)NC1=O)C2. The van der Waals surface area contributed by atoms with E-state index in [2.05, 4.69) is 32.7 Å². The van der Waals surface area contributed by atoms with Crippen LogP contribution in [0, 0.1) is 17.3 Å². The van der Waals surface area contributed by atoms with Gasteiger partial charge in [0, 0.05) is 35.0 Å². The standard InChI is InChI=1S/C34H30N6O6/c1-33(2,3)31(43)46-27-12-11-26(23-16-35-36-17-23)37-28(27)21-7-5-20(6-8-21)13-14-34(30(42)38-32(44)39-34)19-40-18-22-9-10-24(45-4)15-25(22)29(40)41/h5-12,15-17H,18-19H2,1-4H3,(H,35,36)(H2,38,39,42,44)/t34-/m1/s1. The highest BCUT2D eigenvalue weighted by Gasteiger charge is 2.48. The van der Waals surface area contributed by atoms with Crippen LogP contribution in [0.5, 0.6) is 11.5 Å². The summed E-state index contributed by atoms with van der Waals surface area (Å²) in [4.78, 5) is 57.5. The molecule has 12 nitrogen and oxygen atoms in total. The predicted octanol–water partition coefficient (Wildman–Crippen LogP) is 3.68. The third-order valence-corrected chi connectivity index (χ3v) is 7.61. The van der Waals surface area contributed by atoms with E-state index in [9.17, 15) is 19.2 Å². The summed E-state index contributed by atoms with van der Waals surface area (Å²) >= 11 is 0. The summed E-state index contributed by atoms with van der Waals surface area (Å²) in [6.45, 7) is 5.41. The summed E-state index contributed by atoms with van der Waals surface area (Å²) in [5.41, 5.74) is 1.90. The lowest BCUT2D eigenvalue weighted by Gasteiger charge is -2.26. The monoisotopic (exact) mass is 618 g/mol. The van der Waals surface area contributed by atoms with Crippen LogP contribution in [-0.2, 0) is 16.1 Å². The molecule has 0 spiro atoms. The number of urea groups is 1. The van der Waals surface area contributed by atoms with Crippen molar-refractivity contribution in [3.63, 3.8) is 0 Å². The Hall–Kier alpha value is -5.96. The molecule has 2 aliphatic heterocycles. The van der Waals surface area contributed by atoms with Crippen molar-refractivity contribution >= 4 is 23.8 Å². The molecule has 1 fully saturated rings. The molecule has 0 saturated carbocycles. The number of nitrogens with one attached hydrogen (secondary N) is 3. The number of aromatic nitrogens is 3. The van der Waals surface area contributed by atoms with E-state index in [0.717, 1.165) is 11.1 Å². The molecule has 6 rings (SSSR count). The van der Waals surface area contributed by atoms with Gasteiger partial charge in [0.1, 0.15) is 11.4 Å². The molecule has 4 amide bonds. The minimum absolute atomic E-state index is 0.154. The van der Waals surface area contributed by atoms with Crippen LogP contribution < -0.4 is 20.1 Å². The summed E-state index contributed by atoms with van der Waals surface area (Å²) in [6.07, 6.45) is 3.36. The van der Waals surface area contributed by atoms with Crippen LogP contribution in [0.2, 0.25) is 0 Å². The molecular formula is C34H30N6O6. The molecule has 2 aromatic carbocycles. The van der Waals surface area contributed by atoms with Crippen LogP contribution >= 0.6 is 0 Å². The molecule has 3 N–H and O–H groups in total. The van der Waals surface area contributed by atoms with Gasteiger partial charge in [0.05, 0.1) is 31.0 Å². The number of imide groups is 1. The molecule has 0 aliphatic carbocycles. The van der Waals surface area contributed by atoms with Gasteiger partial charge in [-0.05, 0) is 62.7 Å². The van der Waals surface area contributed by atoms with Crippen molar-refractivity contribution < 1.29 is 28.7 Å². The first-order valence-electron chi connectivity index (χ1n) is 14.4. The molecule has 4 aromatic rings. The topological polar surface area (TPSA) is 156 Å². The fraction of sp³-hybridized carbons (Fsp3) is 0.235. The Morgan fingerprint density at radius 3 is 2.48 bits per heavy atom. The van der Waals surface area contributed by atoms with Gasteiger partial charge < -0.3 is 19.7 Å². The van der Waals surface area contributed by atoms with E-state index in [1.807, 2.05) is 0 Å². The second kappa shape index (κ2) is 11.5. The van der Waals surface area contributed by atoms with Crippen LogP contribution in [0.3, 0.4) is 0 Å². The Morgan fingerprint density at radius 2 is 1.83 bits per heavy atom. The molecule has 0 radical (unpaired) electrons. The number of rotatable bonds is 6. The van der Waals surface area contributed by atoms with E-state index in [-0.39, 0.29) is 19.0 Å². The quantitative estimate of drug-likeness (QED) is 0.168. The molecule has 0 unspecified atom stereocenters. The Balaban J connectivity index is 1.29. The fourth-order valence-corrected chi connectivity index (χ4v) is 5.04. The van der Waals surface area contributed by atoms with Crippen LogP contribution in [0.1, 0.15) is 42.3 Å². The lowest BCUT2D eigenvalue weighted by atomic mass is 9.97. The zero-order chi connectivity index (χ0) is 32.6. The Morgan fingerprint density at radius 1 is 1.04 bits per heavy atom. The molecule has 1 saturated heterocycles. The number of carbonyl (C=O) groups is 4. The summed E-state index contributed by atoms with van der Waals surface area (Å²) in [5, 5.41) is 11.6. The Kier molecular flexibility index (Phi) is 7.53. The van der Waals surface area contributed by atoms with E-state index in [4.69, 9.17) is 14.5 Å². The van der Waals surface area contributed by atoms with Crippen molar-refractivity contribution in [2.24, 2.45) is 5.41 Å². The number of aromatic amines is 1. The number of hydrogen-bond acceptors (Lipinski definition) is 8. The van der Waals surface area contributed by atoms with Gasteiger partial charge in [-0.2, -0.15) is 5.10 Å². The average molecular weight is 619 g/mol.